The highest BCUT2D eigenvalue weighted by Crippen LogP contribution is 2.36. The molecule has 1 N–H and O–H groups in total. The maximum absolute atomic E-state index is 13.1. The van der Waals surface area contributed by atoms with Crippen molar-refractivity contribution in [3.63, 3.8) is 0 Å². The van der Waals surface area contributed by atoms with Crippen molar-refractivity contribution in [2.24, 2.45) is 0 Å². The molecule has 5 heteroatoms. The average molecular weight is 371 g/mol. The molecule has 1 aromatic heterocycles. The van der Waals surface area contributed by atoms with Gasteiger partial charge in [-0.05, 0) is 59.0 Å². The minimum Gasteiger partial charge on any atom is -0.507 e. The number of fused-ring (bicyclic) bond motifs is 1. The second-order valence-electron chi connectivity index (χ2n) is 3.79. The summed E-state index contributed by atoms with van der Waals surface area (Å²) in [5.74, 6) is -0.0838. The van der Waals surface area contributed by atoms with Crippen LogP contribution >= 0.6 is 33.9 Å². The zero-order valence-electron chi connectivity index (χ0n) is 9.02. The van der Waals surface area contributed by atoms with Crippen LogP contribution in [0, 0.1) is 9.39 Å². The predicted molar refractivity (Wildman–Crippen MR) is 79.4 cm³/mol. The fourth-order valence-corrected chi connectivity index (χ4v) is 3.20. The number of thiazole rings is 1. The number of hydrogen-bond acceptors (Lipinski definition) is 3. The molecular formula is C13H7FINOS. The van der Waals surface area contributed by atoms with E-state index in [0.717, 1.165) is 13.8 Å². The van der Waals surface area contributed by atoms with E-state index in [1.54, 1.807) is 12.1 Å². The Kier molecular flexibility index (Phi) is 2.95. The van der Waals surface area contributed by atoms with Crippen molar-refractivity contribution in [1.82, 2.24) is 4.98 Å². The van der Waals surface area contributed by atoms with Crippen LogP contribution in [0.2, 0.25) is 0 Å². The maximum atomic E-state index is 13.1. The first kappa shape index (κ1) is 11.9. The number of benzene rings is 2. The number of phenols is 1. The molecule has 0 saturated heterocycles. The van der Waals surface area contributed by atoms with Crippen LogP contribution < -0.4 is 0 Å². The third-order valence-corrected chi connectivity index (χ3v) is 4.26. The molecule has 0 aliphatic carbocycles. The van der Waals surface area contributed by atoms with E-state index >= 15 is 0 Å². The molecule has 3 aromatic rings. The average Bonchev–Trinajstić information content (AvgIpc) is 2.74. The molecular weight excluding hydrogens is 364 g/mol. The Morgan fingerprint density at radius 2 is 2.00 bits per heavy atom. The number of rotatable bonds is 1. The van der Waals surface area contributed by atoms with Crippen molar-refractivity contribution in [3.8, 4) is 16.3 Å². The number of hydrogen-bond donors (Lipinski definition) is 1. The first-order valence-electron chi connectivity index (χ1n) is 5.18. The van der Waals surface area contributed by atoms with Gasteiger partial charge < -0.3 is 5.11 Å². The topological polar surface area (TPSA) is 33.1 Å². The van der Waals surface area contributed by atoms with Gasteiger partial charge in [-0.3, -0.25) is 0 Å². The van der Waals surface area contributed by atoms with Crippen LogP contribution in [0.25, 0.3) is 20.8 Å². The molecule has 2 nitrogen and oxygen atoms in total. The molecule has 0 aliphatic heterocycles. The lowest BCUT2D eigenvalue weighted by Crippen LogP contribution is -1.79. The predicted octanol–water partition coefficient (Wildman–Crippen LogP) is 4.41. The van der Waals surface area contributed by atoms with Gasteiger partial charge in [-0.15, -0.1) is 11.3 Å². The molecule has 18 heavy (non-hydrogen) atoms. The van der Waals surface area contributed by atoms with E-state index in [1.165, 1.54) is 23.5 Å². The minimum atomic E-state index is -0.274. The highest BCUT2D eigenvalue weighted by Gasteiger charge is 2.11. The van der Waals surface area contributed by atoms with E-state index in [1.807, 2.05) is 12.1 Å². The Morgan fingerprint density at radius 3 is 2.83 bits per heavy atom. The number of aromatic hydroxyl groups is 1. The van der Waals surface area contributed by atoms with Gasteiger partial charge in [-0.2, -0.15) is 0 Å². The van der Waals surface area contributed by atoms with Gasteiger partial charge >= 0.3 is 0 Å². The lowest BCUT2D eigenvalue weighted by molar-refractivity contribution is 0.477. The SMILES string of the molecule is Oc1ccc(I)cc1-c1nc2ccc(F)cc2s1. The molecule has 0 fully saturated rings. The summed E-state index contributed by atoms with van der Waals surface area (Å²) in [7, 11) is 0. The van der Waals surface area contributed by atoms with Crippen LogP contribution in [0.1, 0.15) is 0 Å². The van der Waals surface area contributed by atoms with Crippen molar-refractivity contribution in [2.45, 2.75) is 0 Å². The molecule has 0 bridgehead atoms. The summed E-state index contributed by atoms with van der Waals surface area (Å²) in [4.78, 5) is 4.41. The Balaban J connectivity index is 2.22. The lowest BCUT2D eigenvalue weighted by atomic mass is 10.2. The first-order chi connectivity index (χ1) is 8.63. The van der Waals surface area contributed by atoms with Crippen molar-refractivity contribution in [1.29, 1.82) is 0 Å². The fraction of sp³-hybridized carbons (Fsp3) is 0. The molecule has 0 atom stereocenters. The Hall–Kier alpha value is -1.21. The highest BCUT2D eigenvalue weighted by atomic mass is 127. The van der Waals surface area contributed by atoms with Gasteiger partial charge in [0.15, 0.2) is 0 Å². The largest absolute Gasteiger partial charge is 0.507 e. The van der Waals surface area contributed by atoms with Gasteiger partial charge in [-0.1, -0.05) is 0 Å². The second kappa shape index (κ2) is 4.47. The molecule has 1 heterocycles. The van der Waals surface area contributed by atoms with Crippen LogP contribution in [0.5, 0.6) is 5.75 Å². The van der Waals surface area contributed by atoms with E-state index in [-0.39, 0.29) is 11.6 Å². The summed E-state index contributed by atoms with van der Waals surface area (Å²) in [5.41, 5.74) is 1.43. The minimum absolute atomic E-state index is 0.190. The third-order valence-electron chi connectivity index (χ3n) is 2.54. The molecule has 0 unspecified atom stereocenters. The second-order valence-corrected chi connectivity index (χ2v) is 6.07. The zero-order chi connectivity index (χ0) is 12.7. The molecule has 0 saturated carbocycles. The quantitative estimate of drug-likeness (QED) is 0.643. The number of phenolic OH excluding ortho intramolecular Hbond substituents is 1. The van der Waals surface area contributed by atoms with Gasteiger partial charge in [0.2, 0.25) is 0 Å². The van der Waals surface area contributed by atoms with Crippen molar-refractivity contribution >= 4 is 44.1 Å². The first-order valence-corrected chi connectivity index (χ1v) is 7.08. The summed E-state index contributed by atoms with van der Waals surface area (Å²) < 4.78 is 14.9. The van der Waals surface area contributed by atoms with Crippen molar-refractivity contribution < 1.29 is 9.50 Å². The van der Waals surface area contributed by atoms with Crippen molar-refractivity contribution in [2.75, 3.05) is 0 Å². The Bertz CT molecular complexity index is 741. The van der Waals surface area contributed by atoms with Gasteiger partial charge in [0.1, 0.15) is 16.6 Å². The monoisotopic (exact) mass is 371 g/mol. The van der Waals surface area contributed by atoms with E-state index in [2.05, 4.69) is 27.6 Å². The van der Waals surface area contributed by atoms with Gasteiger partial charge in [0, 0.05) is 3.57 Å². The van der Waals surface area contributed by atoms with Gasteiger partial charge in [-0.25, -0.2) is 9.37 Å². The van der Waals surface area contributed by atoms with Gasteiger partial charge in [0.25, 0.3) is 0 Å². The maximum Gasteiger partial charge on any atom is 0.128 e. The number of halogens is 2. The third kappa shape index (κ3) is 2.08. The smallest absolute Gasteiger partial charge is 0.128 e. The van der Waals surface area contributed by atoms with Crippen LogP contribution in [-0.4, -0.2) is 10.1 Å². The molecule has 0 amide bonds. The lowest BCUT2D eigenvalue weighted by Gasteiger charge is -2.00. The highest BCUT2D eigenvalue weighted by molar-refractivity contribution is 14.1. The Morgan fingerprint density at radius 1 is 1.17 bits per heavy atom. The molecule has 90 valence electrons. The molecule has 2 aromatic carbocycles. The molecule has 0 aliphatic rings. The summed E-state index contributed by atoms with van der Waals surface area (Å²) in [6.07, 6.45) is 0. The van der Waals surface area contributed by atoms with E-state index < -0.39 is 0 Å². The summed E-state index contributed by atoms with van der Waals surface area (Å²) in [6, 6.07) is 9.83. The molecule has 0 spiro atoms. The van der Waals surface area contributed by atoms with E-state index in [9.17, 15) is 9.50 Å². The van der Waals surface area contributed by atoms with Crippen molar-refractivity contribution in [3.05, 3.63) is 45.8 Å². The van der Waals surface area contributed by atoms with E-state index in [0.29, 0.717) is 10.6 Å². The standard InChI is InChI=1S/C13H7FINOS/c14-7-1-3-10-12(5-7)18-13(16-10)9-6-8(15)2-4-11(9)17/h1-6,17H. The summed E-state index contributed by atoms with van der Waals surface area (Å²) in [6.45, 7) is 0. The fourth-order valence-electron chi connectivity index (χ4n) is 1.69. The van der Waals surface area contributed by atoms with Crippen LogP contribution in [-0.2, 0) is 0 Å². The summed E-state index contributed by atoms with van der Waals surface area (Å²) in [5, 5.41) is 10.6. The van der Waals surface area contributed by atoms with E-state index in [4.69, 9.17) is 0 Å². The normalized spacial score (nSPS) is 11.0. The summed E-state index contributed by atoms with van der Waals surface area (Å²) >= 11 is 3.55. The van der Waals surface area contributed by atoms with Gasteiger partial charge in [0.05, 0.1) is 15.8 Å². The van der Waals surface area contributed by atoms with Crippen LogP contribution in [0.4, 0.5) is 4.39 Å². The number of nitrogens with zero attached hydrogens (tertiary/aromatic N) is 1. The zero-order valence-corrected chi connectivity index (χ0v) is 12.0. The number of aromatic nitrogens is 1. The van der Waals surface area contributed by atoms with Crippen LogP contribution in [0.3, 0.4) is 0 Å². The molecule has 0 radical (unpaired) electrons. The molecule has 3 rings (SSSR count). The Labute approximate surface area is 120 Å². The van der Waals surface area contributed by atoms with Crippen LogP contribution in [0.15, 0.2) is 36.4 Å².